The van der Waals surface area contributed by atoms with Gasteiger partial charge in [-0.05, 0) is 19.9 Å². The van der Waals surface area contributed by atoms with Crippen molar-refractivity contribution in [3.05, 3.63) is 12.2 Å². The second kappa shape index (κ2) is 8.17. The SMILES string of the molecule is CCCNC(Cc1ncnn1CC)C1CSCCS1. The lowest BCUT2D eigenvalue weighted by Crippen LogP contribution is -2.43. The van der Waals surface area contributed by atoms with E-state index in [0.717, 1.165) is 25.3 Å². The predicted octanol–water partition coefficient (Wildman–Crippen LogP) is 2.06. The standard InChI is InChI=1S/C13H24N4S2/c1-3-5-14-11(12-9-18-6-7-19-12)8-13-15-10-16-17(13)4-2/h10-12,14H,3-9H2,1-2H3. The van der Waals surface area contributed by atoms with Gasteiger partial charge in [-0.1, -0.05) is 6.92 Å². The van der Waals surface area contributed by atoms with Crippen LogP contribution in [0.5, 0.6) is 0 Å². The summed E-state index contributed by atoms with van der Waals surface area (Å²) in [5, 5.41) is 8.69. The summed E-state index contributed by atoms with van der Waals surface area (Å²) in [5.41, 5.74) is 0. The second-order valence-corrected chi connectivity index (χ2v) is 7.24. The minimum Gasteiger partial charge on any atom is -0.312 e. The molecule has 0 spiro atoms. The van der Waals surface area contributed by atoms with Gasteiger partial charge in [-0.15, -0.1) is 0 Å². The fraction of sp³-hybridized carbons (Fsp3) is 0.846. The van der Waals surface area contributed by atoms with Crippen LogP contribution in [0, 0.1) is 0 Å². The van der Waals surface area contributed by atoms with Gasteiger partial charge in [-0.25, -0.2) is 4.98 Å². The lowest BCUT2D eigenvalue weighted by Gasteiger charge is -2.30. The molecule has 19 heavy (non-hydrogen) atoms. The molecule has 2 heterocycles. The zero-order valence-electron chi connectivity index (χ0n) is 11.8. The fourth-order valence-electron chi connectivity index (χ4n) is 2.31. The van der Waals surface area contributed by atoms with Crippen molar-refractivity contribution in [2.75, 3.05) is 23.8 Å². The van der Waals surface area contributed by atoms with E-state index >= 15 is 0 Å². The smallest absolute Gasteiger partial charge is 0.138 e. The molecule has 1 fully saturated rings. The third-order valence-corrected chi connectivity index (χ3v) is 6.26. The van der Waals surface area contributed by atoms with Crippen LogP contribution in [0.25, 0.3) is 0 Å². The third-order valence-electron chi connectivity index (χ3n) is 3.34. The van der Waals surface area contributed by atoms with Crippen LogP contribution in [0.1, 0.15) is 26.1 Å². The molecule has 0 aliphatic carbocycles. The first-order valence-corrected chi connectivity index (χ1v) is 9.34. The number of nitrogens with one attached hydrogen (secondary N) is 1. The van der Waals surface area contributed by atoms with Crippen LogP contribution in [0.3, 0.4) is 0 Å². The summed E-state index contributed by atoms with van der Waals surface area (Å²) in [6, 6.07) is 0.521. The monoisotopic (exact) mass is 300 g/mol. The highest BCUT2D eigenvalue weighted by Gasteiger charge is 2.25. The van der Waals surface area contributed by atoms with E-state index in [1.165, 1.54) is 23.7 Å². The maximum Gasteiger partial charge on any atom is 0.138 e. The summed E-state index contributed by atoms with van der Waals surface area (Å²) in [4.78, 5) is 4.43. The zero-order chi connectivity index (χ0) is 13.5. The van der Waals surface area contributed by atoms with Crippen molar-refractivity contribution >= 4 is 23.5 Å². The van der Waals surface area contributed by atoms with Gasteiger partial charge in [0.15, 0.2) is 0 Å². The molecule has 0 saturated carbocycles. The van der Waals surface area contributed by atoms with Crippen molar-refractivity contribution in [2.45, 2.75) is 44.5 Å². The maximum atomic E-state index is 4.43. The van der Waals surface area contributed by atoms with Crippen molar-refractivity contribution < 1.29 is 0 Å². The molecule has 4 nitrogen and oxygen atoms in total. The second-order valence-electron chi connectivity index (χ2n) is 4.74. The topological polar surface area (TPSA) is 42.7 Å². The Morgan fingerprint density at radius 1 is 1.47 bits per heavy atom. The summed E-state index contributed by atoms with van der Waals surface area (Å²) in [6.07, 6.45) is 3.85. The maximum absolute atomic E-state index is 4.43. The first-order valence-electron chi connectivity index (χ1n) is 7.14. The van der Waals surface area contributed by atoms with Crippen LogP contribution >= 0.6 is 23.5 Å². The molecule has 1 aromatic heterocycles. The third kappa shape index (κ3) is 4.39. The summed E-state index contributed by atoms with van der Waals surface area (Å²) < 4.78 is 2.02. The summed E-state index contributed by atoms with van der Waals surface area (Å²) in [5.74, 6) is 4.95. The molecule has 6 heteroatoms. The molecule has 108 valence electrons. The average molecular weight is 300 g/mol. The molecule has 1 aliphatic rings. The predicted molar refractivity (Wildman–Crippen MR) is 85.1 cm³/mol. The van der Waals surface area contributed by atoms with Crippen LogP contribution in [0.2, 0.25) is 0 Å². The number of aryl methyl sites for hydroxylation is 1. The van der Waals surface area contributed by atoms with Gasteiger partial charge in [0.2, 0.25) is 0 Å². The van der Waals surface area contributed by atoms with E-state index in [-0.39, 0.29) is 0 Å². The van der Waals surface area contributed by atoms with E-state index < -0.39 is 0 Å². The molecule has 1 saturated heterocycles. The van der Waals surface area contributed by atoms with Gasteiger partial charge in [-0.3, -0.25) is 4.68 Å². The quantitative estimate of drug-likeness (QED) is 0.835. The molecule has 0 bridgehead atoms. The van der Waals surface area contributed by atoms with Crippen LogP contribution < -0.4 is 5.32 Å². The van der Waals surface area contributed by atoms with Crippen molar-refractivity contribution in [3.8, 4) is 0 Å². The minimum absolute atomic E-state index is 0.521. The van der Waals surface area contributed by atoms with Gasteiger partial charge in [0.05, 0.1) is 0 Å². The summed E-state index contributed by atoms with van der Waals surface area (Å²) in [6.45, 7) is 6.34. The Morgan fingerprint density at radius 3 is 3.05 bits per heavy atom. The van der Waals surface area contributed by atoms with Crippen molar-refractivity contribution in [2.24, 2.45) is 0 Å². The Bertz CT molecular complexity index is 363. The molecule has 1 aliphatic heterocycles. The molecule has 1 aromatic rings. The van der Waals surface area contributed by atoms with Gasteiger partial charge in [0.1, 0.15) is 12.2 Å². The van der Waals surface area contributed by atoms with Gasteiger partial charge in [0.25, 0.3) is 0 Å². The average Bonchev–Trinajstić information content (AvgIpc) is 2.91. The largest absolute Gasteiger partial charge is 0.312 e. The van der Waals surface area contributed by atoms with Gasteiger partial charge >= 0.3 is 0 Å². The Balaban J connectivity index is 1.99. The molecule has 2 unspecified atom stereocenters. The highest BCUT2D eigenvalue weighted by atomic mass is 32.2. The van der Waals surface area contributed by atoms with Crippen LogP contribution in [0.4, 0.5) is 0 Å². The van der Waals surface area contributed by atoms with Gasteiger partial charge < -0.3 is 5.32 Å². The lowest BCUT2D eigenvalue weighted by atomic mass is 10.1. The molecule has 1 N–H and O–H groups in total. The van der Waals surface area contributed by atoms with E-state index in [0.29, 0.717) is 11.3 Å². The van der Waals surface area contributed by atoms with E-state index in [1.807, 2.05) is 4.68 Å². The molecule has 0 amide bonds. The summed E-state index contributed by atoms with van der Waals surface area (Å²) >= 11 is 4.20. The minimum atomic E-state index is 0.521. The van der Waals surface area contributed by atoms with Crippen molar-refractivity contribution in [3.63, 3.8) is 0 Å². The summed E-state index contributed by atoms with van der Waals surface area (Å²) in [7, 11) is 0. The van der Waals surface area contributed by atoms with E-state index in [2.05, 4.69) is 52.8 Å². The number of rotatable bonds is 7. The number of thioether (sulfide) groups is 2. The Labute approximate surface area is 124 Å². The lowest BCUT2D eigenvalue weighted by molar-refractivity contribution is 0.479. The Hall–Kier alpha value is -0.200. The van der Waals surface area contributed by atoms with Crippen molar-refractivity contribution in [1.29, 1.82) is 0 Å². The van der Waals surface area contributed by atoms with Crippen LogP contribution in [-0.2, 0) is 13.0 Å². The Kier molecular flexibility index (Phi) is 6.53. The molecule has 2 atom stereocenters. The zero-order valence-corrected chi connectivity index (χ0v) is 13.5. The number of hydrogen-bond donors (Lipinski definition) is 1. The van der Waals surface area contributed by atoms with E-state index in [4.69, 9.17) is 0 Å². The first-order chi connectivity index (χ1) is 9.35. The Morgan fingerprint density at radius 2 is 2.37 bits per heavy atom. The normalized spacial score (nSPS) is 21.5. The number of hydrogen-bond acceptors (Lipinski definition) is 5. The fourth-order valence-corrected chi connectivity index (χ4v) is 5.20. The van der Waals surface area contributed by atoms with E-state index in [9.17, 15) is 0 Å². The highest BCUT2D eigenvalue weighted by Crippen LogP contribution is 2.27. The molecular formula is C13H24N4S2. The highest BCUT2D eigenvalue weighted by molar-refractivity contribution is 8.06. The number of aromatic nitrogens is 3. The number of nitrogens with zero attached hydrogens (tertiary/aromatic N) is 3. The van der Waals surface area contributed by atoms with Gasteiger partial charge in [0, 0.05) is 41.5 Å². The first kappa shape index (κ1) is 15.2. The van der Waals surface area contributed by atoms with E-state index in [1.54, 1.807) is 6.33 Å². The molecular weight excluding hydrogens is 276 g/mol. The van der Waals surface area contributed by atoms with Gasteiger partial charge in [-0.2, -0.15) is 28.6 Å². The van der Waals surface area contributed by atoms with Crippen molar-refractivity contribution in [1.82, 2.24) is 20.1 Å². The molecule has 0 aromatic carbocycles. The van der Waals surface area contributed by atoms with Crippen LogP contribution in [0.15, 0.2) is 6.33 Å². The molecule has 2 rings (SSSR count). The molecule has 0 radical (unpaired) electrons. The van der Waals surface area contributed by atoms with Crippen LogP contribution in [-0.4, -0.2) is 49.9 Å².